The van der Waals surface area contributed by atoms with Crippen molar-refractivity contribution in [2.24, 2.45) is 0 Å². The molecule has 15 heavy (non-hydrogen) atoms. The maximum Gasteiger partial charge on any atom is 0.303 e. The van der Waals surface area contributed by atoms with Crippen LogP contribution in [0.25, 0.3) is 0 Å². The number of aryl methyl sites for hydroxylation is 1. The van der Waals surface area contributed by atoms with Crippen molar-refractivity contribution < 1.29 is 14.3 Å². The number of carbonyl (C=O) groups excluding carboxylic acids is 2. The number of esters is 1. The number of rotatable bonds is 3. The van der Waals surface area contributed by atoms with Gasteiger partial charge < -0.3 is 4.74 Å². The second-order valence-electron chi connectivity index (χ2n) is 3.45. The van der Waals surface area contributed by atoms with E-state index >= 15 is 0 Å². The first-order chi connectivity index (χ1) is 7.02. The molecule has 0 N–H and O–H groups in total. The minimum Gasteiger partial charge on any atom is -0.457 e. The highest BCUT2D eigenvalue weighted by atomic mass is 16.5. The highest BCUT2D eigenvalue weighted by molar-refractivity contribution is 5.99. The van der Waals surface area contributed by atoms with Gasteiger partial charge in [-0.2, -0.15) is 0 Å². The quantitative estimate of drug-likeness (QED) is 0.561. The molecule has 0 amide bonds. The number of ketones is 1. The van der Waals surface area contributed by atoms with E-state index < -0.39 is 5.97 Å². The molecule has 1 aromatic rings. The predicted molar refractivity (Wildman–Crippen MR) is 56.9 cm³/mol. The molecule has 0 aliphatic carbocycles. The summed E-state index contributed by atoms with van der Waals surface area (Å²) < 4.78 is 4.66. The van der Waals surface area contributed by atoms with Gasteiger partial charge in [0.2, 0.25) is 5.78 Å². The van der Waals surface area contributed by atoms with Gasteiger partial charge in [-0.15, -0.1) is 0 Å². The maximum atomic E-state index is 11.6. The molecule has 0 aromatic heterocycles. The molecule has 0 unspecified atom stereocenters. The number of hydrogen-bond acceptors (Lipinski definition) is 3. The van der Waals surface area contributed by atoms with Crippen LogP contribution in [0.2, 0.25) is 0 Å². The zero-order valence-corrected chi connectivity index (χ0v) is 9.16. The van der Waals surface area contributed by atoms with Gasteiger partial charge in [-0.1, -0.05) is 18.2 Å². The molecule has 0 bridgehead atoms. The summed E-state index contributed by atoms with van der Waals surface area (Å²) in [5, 5.41) is 0. The molecular formula is C12H14O3. The van der Waals surface area contributed by atoms with Crippen molar-refractivity contribution in [3.63, 3.8) is 0 Å². The van der Waals surface area contributed by atoms with Gasteiger partial charge in [0.25, 0.3) is 0 Å². The van der Waals surface area contributed by atoms with E-state index in [1.54, 1.807) is 6.07 Å². The Kier molecular flexibility index (Phi) is 3.61. The highest BCUT2D eigenvalue weighted by Crippen LogP contribution is 2.13. The Morgan fingerprint density at radius 1 is 1.27 bits per heavy atom. The van der Waals surface area contributed by atoms with Crippen LogP contribution >= 0.6 is 0 Å². The molecule has 0 saturated heterocycles. The number of ether oxygens (including phenoxy) is 1. The van der Waals surface area contributed by atoms with Crippen molar-refractivity contribution >= 4 is 11.8 Å². The summed E-state index contributed by atoms with van der Waals surface area (Å²) in [6.45, 7) is 4.93. The highest BCUT2D eigenvalue weighted by Gasteiger charge is 2.11. The largest absolute Gasteiger partial charge is 0.457 e. The summed E-state index contributed by atoms with van der Waals surface area (Å²) in [4.78, 5) is 22.2. The fraction of sp³-hybridized carbons (Fsp3) is 0.333. The molecule has 3 heteroatoms. The zero-order chi connectivity index (χ0) is 11.4. The average Bonchev–Trinajstić information content (AvgIpc) is 2.18. The van der Waals surface area contributed by atoms with E-state index in [2.05, 4.69) is 4.74 Å². The van der Waals surface area contributed by atoms with Gasteiger partial charge in [0.1, 0.15) is 0 Å². The molecule has 0 aliphatic heterocycles. The second-order valence-corrected chi connectivity index (χ2v) is 3.45. The fourth-order valence-electron chi connectivity index (χ4n) is 1.30. The third-order valence-corrected chi connectivity index (χ3v) is 2.31. The van der Waals surface area contributed by atoms with E-state index in [1.165, 1.54) is 6.92 Å². The maximum absolute atomic E-state index is 11.6. The number of hydrogen-bond donors (Lipinski definition) is 0. The van der Waals surface area contributed by atoms with E-state index in [-0.39, 0.29) is 12.4 Å². The average molecular weight is 206 g/mol. The summed E-state index contributed by atoms with van der Waals surface area (Å²) in [6, 6.07) is 5.51. The number of carbonyl (C=O) groups is 2. The van der Waals surface area contributed by atoms with E-state index in [1.807, 2.05) is 26.0 Å². The van der Waals surface area contributed by atoms with Crippen molar-refractivity contribution in [1.82, 2.24) is 0 Å². The van der Waals surface area contributed by atoms with Crippen molar-refractivity contribution in [3.8, 4) is 0 Å². The van der Waals surface area contributed by atoms with Gasteiger partial charge in [-0.3, -0.25) is 9.59 Å². The van der Waals surface area contributed by atoms with E-state index in [0.717, 1.165) is 11.1 Å². The van der Waals surface area contributed by atoms with Crippen molar-refractivity contribution in [1.29, 1.82) is 0 Å². The first kappa shape index (κ1) is 11.4. The molecule has 1 aromatic carbocycles. The third-order valence-electron chi connectivity index (χ3n) is 2.31. The van der Waals surface area contributed by atoms with Crippen LogP contribution in [0.5, 0.6) is 0 Å². The van der Waals surface area contributed by atoms with Crippen LogP contribution in [0.15, 0.2) is 18.2 Å². The monoisotopic (exact) mass is 206 g/mol. The lowest BCUT2D eigenvalue weighted by Gasteiger charge is -2.07. The molecule has 1 rings (SSSR count). The first-order valence-electron chi connectivity index (χ1n) is 4.75. The van der Waals surface area contributed by atoms with Crippen LogP contribution in [0, 0.1) is 13.8 Å². The Morgan fingerprint density at radius 3 is 2.53 bits per heavy atom. The normalized spacial score (nSPS) is 9.80. The Bertz CT molecular complexity index is 394. The first-order valence-corrected chi connectivity index (χ1v) is 4.75. The Hall–Kier alpha value is -1.64. The minimum atomic E-state index is -0.436. The number of benzene rings is 1. The SMILES string of the molecule is CC(=O)OCC(=O)c1cccc(C)c1C. The molecule has 0 heterocycles. The van der Waals surface area contributed by atoms with Crippen molar-refractivity contribution in [2.45, 2.75) is 20.8 Å². The summed E-state index contributed by atoms with van der Waals surface area (Å²) in [7, 11) is 0. The van der Waals surface area contributed by atoms with E-state index in [4.69, 9.17) is 0 Å². The lowest BCUT2D eigenvalue weighted by Crippen LogP contribution is -2.13. The fourth-order valence-corrected chi connectivity index (χ4v) is 1.30. The molecule has 0 spiro atoms. The van der Waals surface area contributed by atoms with Crippen molar-refractivity contribution in [2.75, 3.05) is 6.61 Å². The Morgan fingerprint density at radius 2 is 1.93 bits per heavy atom. The summed E-state index contributed by atoms with van der Waals surface area (Å²) in [5.74, 6) is -0.597. The van der Waals surface area contributed by atoms with E-state index in [0.29, 0.717) is 5.56 Å². The molecule has 80 valence electrons. The smallest absolute Gasteiger partial charge is 0.303 e. The van der Waals surface area contributed by atoms with Gasteiger partial charge in [0, 0.05) is 12.5 Å². The topological polar surface area (TPSA) is 43.4 Å². The Labute approximate surface area is 89.1 Å². The van der Waals surface area contributed by atoms with Crippen LogP contribution in [-0.4, -0.2) is 18.4 Å². The molecule has 0 aliphatic rings. The molecule has 0 atom stereocenters. The standard InChI is InChI=1S/C12H14O3/c1-8-5-4-6-11(9(8)2)12(14)7-15-10(3)13/h4-6H,7H2,1-3H3. The molecule has 0 fully saturated rings. The van der Waals surface area contributed by atoms with E-state index in [9.17, 15) is 9.59 Å². The summed E-state index contributed by atoms with van der Waals surface area (Å²) in [5.41, 5.74) is 2.62. The Balaban J connectivity index is 2.82. The lowest BCUT2D eigenvalue weighted by atomic mass is 10.0. The van der Waals surface area contributed by atoms with Gasteiger partial charge in [0.05, 0.1) is 0 Å². The zero-order valence-electron chi connectivity index (χ0n) is 9.16. The van der Waals surface area contributed by atoms with Crippen LogP contribution < -0.4 is 0 Å². The third kappa shape index (κ3) is 2.91. The van der Waals surface area contributed by atoms with Crippen LogP contribution in [-0.2, 0) is 9.53 Å². The van der Waals surface area contributed by atoms with Gasteiger partial charge in [-0.05, 0) is 25.0 Å². The summed E-state index contributed by atoms with van der Waals surface area (Å²) in [6.07, 6.45) is 0. The lowest BCUT2D eigenvalue weighted by molar-refractivity contribution is -0.139. The molecular weight excluding hydrogens is 192 g/mol. The summed E-state index contributed by atoms with van der Waals surface area (Å²) >= 11 is 0. The van der Waals surface area contributed by atoms with Crippen molar-refractivity contribution in [3.05, 3.63) is 34.9 Å². The van der Waals surface area contributed by atoms with Gasteiger partial charge in [0.15, 0.2) is 6.61 Å². The molecule has 0 saturated carbocycles. The molecule has 0 radical (unpaired) electrons. The van der Waals surface area contributed by atoms with Crippen LogP contribution in [0.3, 0.4) is 0 Å². The van der Waals surface area contributed by atoms with Crippen LogP contribution in [0.4, 0.5) is 0 Å². The second kappa shape index (κ2) is 4.73. The predicted octanol–water partition coefficient (Wildman–Crippen LogP) is 2.05. The van der Waals surface area contributed by atoms with Crippen LogP contribution in [0.1, 0.15) is 28.4 Å². The molecule has 3 nitrogen and oxygen atoms in total. The minimum absolute atomic E-state index is 0.161. The van der Waals surface area contributed by atoms with Gasteiger partial charge >= 0.3 is 5.97 Å². The number of Topliss-reactive ketones (excluding diaryl/α,β-unsaturated/α-hetero) is 1. The van der Waals surface area contributed by atoms with Gasteiger partial charge in [-0.25, -0.2) is 0 Å².